The summed E-state index contributed by atoms with van der Waals surface area (Å²) in [6, 6.07) is 0. The maximum Gasteiger partial charge on any atom is 0.331 e. The van der Waals surface area contributed by atoms with Gasteiger partial charge in [0.15, 0.2) is 0 Å². The van der Waals surface area contributed by atoms with Crippen molar-refractivity contribution in [1.29, 1.82) is 0 Å². The number of carboxylic acid groups (broad SMARTS) is 1. The summed E-state index contributed by atoms with van der Waals surface area (Å²) in [5.74, 6) is -1.22. The van der Waals surface area contributed by atoms with Crippen molar-refractivity contribution in [3.05, 3.63) is 24.8 Å². The lowest BCUT2D eigenvalue weighted by molar-refractivity contribution is -0.141. The van der Waals surface area contributed by atoms with Gasteiger partial charge in [-0.3, -0.25) is 0 Å². The van der Waals surface area contributed by atoms with E-state index < -0.39 is 5.97 Å². The van der Waals surface area contributed by atoms with Crippen LogP contribution < -0.4 is 0 Å². The molecule has 0 aliphatic rings. The molecule has 0 aliphatic heterocycles. The molecule has 16 heavy (non-hydrogen) atoms. The highest BCUT2D eigenvalue weighted by Crippen LogP contribution is 2.04. The summed E-state index contributed by atoms with van der Waals surface area (Å²) in [6.45, 7) is 13.8. The Balaban J connectivity index is 0. The number of aliphatic carboxylic acids is 1. The Bertz CT molecular complexity index is 262. The number of rotatable bonds is 4. The maximum absolute atomic E-state index is 10.3. The third-order valence-electron chi connectivity index (χ3n) is 1.49. The van der Waals surface area contributed by atoms with Gasteiger partial charge in [0.25, 0.3) is 0 Å². The third kappa shape index (κ3) is 10.5. The van der Waals surface area contributed by atoms with E-state index in [1.54, 1.807) is 27.7 Å². The lowest BCUT2D eigenvalue weighted by Crippen LogP contribution is -2.07. The van der Waals surface area contributed by atoms with Gasteiger partial charge >= 0.3 is 11.9 Å². The number of hydrogen-bond acceptors (Lipinski definition) is 3. The molecule has 0 rings (SSSR count). The standard InChI is InChI=1S/2C6H10O2/c1-4-6(7)8-5(2)3;1-4(2)5(3)6(7)8/h4-5H,1H2,2-3H3;4H,3H2,1-2H3,(H,7,8). The molecule has 1 N–H and O–H groups in total. The lowest BCUT2D eigenvalue weighted by Gasteiger charge is -2.02. The van der Waals surface area contributed by atoms with E-state index in [4.69, 9.17) is 5.11 Å². The monoisotopic (exact) mass is 228 g/mol. The Morgan fingerprint density at radius 2 is 1.69 bits per heavy atom. The molecule has 0 atom stereocenters. The number of ether oxygens (including phenoxy) is 1. The summed E-state index contributed by atoms with van der Waals surface area (Å²) in [5, 5.41) is 8.25. The summed E-state index contributed by atoms with van der Waals surface area (Å²) in [4.78, 5) is 20.3. The summed E-state index contributed by atoms with van der Waals surface area (Å²) < 4.78 is 4.64. The first-order valence-corrected chi connectivity index (χ1v) is 4.97. The zero-order chi connectivity index (χ0) is 13.3. The van der Waals surface area contributed by atoms with E-state index in [0.29, 0.717) is 0 Å². The van der Waals surface area contributed by atoms with Gasteiger partial charge in [-0.1, -0.05) is 27.0 Å². The molecule has 0 heterocycles. The Kier molecular flexibility index (Phi) is 9.16. The van der Waals surface area contributed by atoms with Crippen LogP contribution in [-0.4, -0.2) is 23.1 Å². The smallest absolute Gasteiger partial charge is 0.331 e. The van der Waals surface area contributed by atoms with E-state index in [9.17, 15) is 9.59 Å². The van der Waals surface area contributed by atoms with Crippen LogP contribution >= 0.6 is 0 Å². The van der Waals surface area contributed by atoms with Gasteiger partial charge in [0.05, 0.1) is 6.10 Å². The second kappa shape index (κ2) is 8.71. The molecule has 4 nitrogen and oxygen atoms in total. The molecular weight excluding hydrogens is 208 g/mol. The molecule has 0 saturated carbocycles. The van der Waals surface area contributed by atoms with Crippen molar-refractivity contribution in [1.82, 2.24) is 0 Å². The summed E-state index contributed by atoms with van der Waals surface area (Å²) in [6.07, 6.45) is 1.11. The largest absolute Gasteiger partial charge is 0.478 e. The van der Waals surface area contributed by atoms with E-state index >= 15 is 0 Å². The molecule has 0 fully saturated rings. The predicted molar refractivity (Wildman–Crippen MR) is 63.0 cm³/mol. The van der Waals surface area contributed by atoms with Crippen molar-refractivity contribution < 1.29 is 19.4 Å². The van der Waals surface area contributed by atoms with E-state index in [0.717, 1.165) is 6.08 Å². The number of carboxylic acids is 1. The number of carbonyl (C=O) groups is 2. The van der Waals surface area contributed by atoms with E-state index in [1.165, 1.54) is 0 Å². The van der Waals surface area contributed by atoms with Crippen molar-refractivity contribution in [2.75, 3.05) is 0 Å². The number of esters is 1. The number of carbonyl (C=O) groups excluding carboxylic acids is 1. The predicted octanol–water partition coefficient (Wildman–Crippen LogP) is 2.41. The zero-order valence-corrected chi connectivity index (χ0v) is 10.3. The fourth-order valence-corrected chi connectivity index (χ4v) is 0.527. The molecule has 0 spiro atoms. The highest BCUT2D eigenvalue weighted by molar-refractivity contribution is 5.86. The molecule has 0 radical (unpaired) electrons. The molecule has 0 aromatic carbocycles. The van der Waals surface area contributed by atoms with Crippen molar-refractivity contribution in [2.24, 2.45) is 5.92 Å². The third-order valence-corrected chi connectivity index (χ3v) is 1.49. The van der Waals surface area contributed by atoms with Gasteiger partial charge in [-0.25, -0.2) is 9.59 Å². The summed E-state index contributed by atoms with van der Waals surface area (Å²) >= 11 is 0. The van der Waals surface area contributed by atoms with Crippen LogP contribution in [0, 0.1) is 5.92 Å². The molecule has 0 unspecified atom stereocenters. The van der Waals surface area contributed by atoms with E-state index in [-0.39, 0.29) is 23.6 Å². The SMILES string of the molecule is C=C(C(=O)O)C(C)C.C=CC(=O)OC(C)C. The molecule has 0 amide bonds. The molecule has 4 heteroatoms. The topological polar surface area (TPSA) is 63.6 Å². The molecule has 0 aliphatic carbocycles. The first-order valence-electron chi connectivity index (χ1n) is 4.97. The van der Waals surface area contributed by atoms with Gasteiger partial charge in [0, 0.05) is 11.6 Å². The van der Waals surface area contributed by atoms with E-state index in [1.807, 2.05) is 0 Å². The highest BCUT2D eigenvalue weighted by atomic mass is 16.5. The van der Waals surface area contributed by atoms with Gasteiger partial charge in [0.1, 0.15) is 0 Å². The average molecular weight is 228 g/mol. The van der Waals surface area contributed by atoms with Crippen LogP contribution in [0.3, 0.4) is 0 Å². The average Bonchev–Trinajstić information content (AvgIpc) is 2.16. The van der Waals surface area contributed by atoms with Crippen LogP contribution in [0.15, 0.2) is 24.8 Å². The Labute approximate surface area is 96.6 Å². The van der Waals surface area contributed by atoms with Gasteiger partial charge < -0.3 is 9.84 Å². The van der Waals surface area contributed by atoms with E-state index in [2.05, 4.69) is 17.9 Å². The van der Waals surface area contributed by atoms with Crippen LogP contribution in [-0.2, 0) is 14.3 Å². The first-order chi connectivity index (χ1) is 7.22. The summed E-state index contributed by atoms with van der Waals surface area (Å²) in [7, 11) is 0. The Hall–Kier alpha value is -1.58. The first kappa shape index (κ1) is 16.8. The van der Waals surface area contributed by atoms with Gasteiger partial charge in [-0.2, -0.15) is 0 Å². The van der Waals surface area contributed by atoms with Gasteiger partial charge in [0.2, 0.25) is 0 Å². The van der Waals surface area contributed by atoms with Crippen molar-refractivity contribution in [2.45, 2.75) is 33.8 Å². The second-order valence-electron chi connectivity index (χ2n) is 3.67. The Morgan fingerprint density at radius 1 is 1.25 bits per heavy atom. The minimum atomic E-state index is -0.903. The maximum atomic E-state index is 10.3. The summed E-state index contributed by atoms with van der Waals surface area (Å²) in [5.41, 5.74) is 0.269. The molecular formula is C12H20O4. The van der Waals surface area contributed by atoms with Crippen LogP contribution in [0.2, 0.25) is 0 Å². The molecule has 0 aromatic rings. The quantitative estimate of drug-likeness (QED) is 0.592. The molecule has 0 aromatic heterocycles. The minimum Gasteiger partial charge on any atom is -0.478 e. The van der Waals surface area contributed by atoms with Gasteiger partial charge in [-0.05, 0) is 19.8 Å². The zero-order valence-electron chi connectivity index (χ0n) is 10.3. The van der Waals surface area contributed by atoms with Crippen molar-refractivity contribution >= 4 is 11.9 Å². The fraction of sp³-hybridized carbons (Fsp3) is 0.500. The molecule has 0 bridgehead atoms. The van der Waals surface area contributed by atoms with Crippen LogP contribution in [0.1, 0.15) is 27.7 Å². The lowest BCUT2D eigenvalue weighted by atomic mass is 10.1. The highest BCUT2D eigenvalue weighted by Gasteiger charge is 2.06. The molecule has 0 saturated heterocycles. The van der Waals surface area contributed by atoms with Crippen LogP contribution in [0.25, 0.3) is 0 Å². The van der Waals surface area contributed by atoms with Crippen LogP contribution in [0.4, 0.5) is 0 Å². The molecule has 92 valence electrons. The minimum absolute atomic E-state index is 0.0412. The van der Waals surface area contributed by atoms with Crippen molar-refractivity contribution in [3.63, 3.8) is 0 Å². The Morgan fingerprint density at radius 3 is 1.75 bits per heavy atom. The van der Waals surface area contributed by atoms with Crippen molar-refractivity contribution in [3.8, 4) is 0 Å². The van der Waals surface area contributed by atoms with Crippen LogP contribution in [0.5, 0.6) is 0 Å². The van der Waals surface area contributed by atoms with Gasteiger partial charge in [-0.15, -0.1) is 0 Å². The second-order valence-corrected chi connectivity index (χ2v) is 3.67. The normalized spacial score (nSPS) is 9.12. The fourth-order valence-electron chi connectivity index (χ4n) is 0.527. The number of hydrogen-bond donors (Lipinski definition) is 1.